The molecule has 0 aliphatic heterocycles. The molecule has 0 fully saturated rings. The Balaban J connectivity index is 1.37. The van der Waals surface area contributed by atoms with Crippen molar-refractivity contribution >= 4 is 33.4 Å². The highest BCUT2D eigenvalue weighted by Gasteiger charge is 2.13. The Morgan fingerprint density at radius 2 is 1.53 bits per heavy atom. The number of nitrogens with one attached hydrogen (secondary N) is 2. The number of aromatic amines is 1. The first kappa shape index (κ1) is 19.9. The third kappa shape index (κ3) is 3.82. The van der Waals surface area contributed by atoms with Crippen LogP contribution in [0.25, 0.3) is 33.1 Å². The number of aromatic hydroxyl groups is 1. The molecule has 34 heavy (non-hydrogen) atoms. The first-order chi connectivity index (χ1) is 16.7. The highest BCUT2D eigenvalue weighted by Crippen LogP contribution is 2.31. The van der Waals surface area contributed by atoms with Gasteiger partial charge in [0.05, 0.1) is 16.7 Å². The second-order valence-corrected chi connectivity index (χ2v) is 8.19. The number of hydrogen-bond acceptors (Lipinski definition) is 5. The van der Waals surface area contributed by atoms with Crippen LogP contribution in [0.15, 0.2) is 97.1 Å². The van der Waals surface area contributed by atoms with Crippen molar-refractivity contribution in [3.05, 3.63) is 108 Å². The topological polar surface area (TPSA) is 86.7 Å². The largest absolute Gasteiger partial charge is 0.508 e. The molecule has 6 aromatic rings. The molecule has 0 spiro atoms. The van der Waals surface area contributed by atoms with E-state index in [-0.39, 0.29) is 5.75 Å². The number of hydrogen-bond donors (Lipinski definition) is 3. The van der Waals surface area contributed by atoms with Crippen molar-refractivity contribution in [1.29, 1.82) is 0 Å². The van der Waals surface area contributed by atoms with E-state index in [1.807, 2.05) is 66.7 Å². The molecule has 0 radical (unpaired) electrons. The van der Waals surface area contributed by atoms with Crippen LogP contribution in [0.5, 0.6) is 5.75 Å². The van der Waals surface area contributed by atoms with E-state index in [1.165, 1.54) is 0 Å². The summed E-state index contributed by atoms with van der Waals surface area (Å²) in [6.45, 7) is 0. The minimum atomic E-state index is 0.256. The lowest BCUT2D eigenvalue weighted by molar-refractivity contribution is 0.475. The average molecular weight is 444 g/mol. The number of imidazole rings is 1. The van der Waals surface area contributed by atoms with Crippen molar-refractivity contribution in [1.82, 2.24) is 20.2 Å². The van der Waals surface area contributed by atoms with Gasteiger partial charge in [-0.2, -0.15) is 5.10 Å². The average Bonchev–Trinajstić information content (AvgIpc) is 3.27. The normalized spacial score (nSPS) is 11.2. The molecule has 0 aliphatic rings. The van der Waals surface area contributed by atoms with Gasteiger partial charge >= 0.3 is 0 Å². The van der Waals surface area contributed by atoms with Crippen LogP contribution in [0, 0.1) is 0 Å². The van der Waals surface area contributed by atoms with Crippen LogP contribution < -0.4 is 5.32 Å². The summed E-state index contributed by atoms with van der Waals surface area (Å²) in [5.41, 5.74) is 6.56. The van der Waals surface area contributed by atoms with E-state index in [0.29, 0.717) is 12.4 Å². The van der Waals surface area contributed by atoms with E-state index >= 15 is 0 Å². The Morgan fingerprint density at radius 3 is 2.35 bits per heavy atom. The molecule has 0 unspecified atom stereocenters. The number of H-pyrrole nitrogens is 1. The lowest BCUT2D eigenvalue weighted by Gasteiger charge is -2.10. The van der Waals surface area contributed by atoms with E-state index < -0.39 is 0 Å². The summed E-state index contributed by atoms with van der Waals surface area (Å²) in [5, 5.41) is 24.2. The Morgan fingerprint density at radius 1 is 0.765 bits per heavy atom. The van der Waals surface area contributed by atoms with E-state index in [4.69, 9.17) is 0 Å². The van der Waals surface area contributed by atoms with Crippen molar-refractivity contribution in [2.75, 3.05) is 5.32 Å². The van der Waals surface area contributed by atoms with Gasteiger partial charge in [0.25, 0.3) is 0 Å². The molecule has 0 saturated heterocycles. The predicted molar refractivity (Wildman–Crippen MR) is 135 cm³/mol. The fraction of sp³-hybridized carbons (Fsp3) is 0.0357. The lowest BCUT2D eigenvalue weighted by atomic mass is 10.00. The van der Waals surface area contributed by atoms with Crippen LogP contribution in [0.1, 0.15) is 11.3 Å². The predicted octanol–water partition coefficient (Wildman–Crippen LogP) is 6.21. The SMILES string of the molecule is Oc1ccc(Cc2nnc(-c3ccc4nc(Nc5ccccc5)[nH]c4c3)c3ccccc23)cc1. The number of aromatic nitrogens is 4. The van der Waals surface area contributed by atoms with Gasteiger partial charge in [-0.1, -0.05) is 60.7 Å². The van der Waals surface area contributed by atoms with E-state index in [9.17, 15) is 5.11 Å². The van der Waals surface area contributed by atoms with Gasteiger partial charge in [0.2, 0.25) is 5.95 Å². The van der Waals surface area contributed by atoms with Crippen molar-refractivity contribution in [2.45, 2.75) is 6.42 Å². The molecule has 0 atom stereocenters. The monoisotopic (exact) mass is 443 g/mol. The number of rotatable bonds is 5. The van der Waals surface area contributed by atoms with Gasteiger partial charge in [0.1, 0.15) is 11.4 Å². The van der Waals surface area contributed by atoms with Crippen molar-refractivity contribution in [3.8, 4) is 17.0 Å². The van der Waals surface area contributed by atoms with Gasteiger partial charge in [0.15, 0.2) is 0 Å². The van der Waals surface area contributed by atoms with E-state index in [0.717, 1.165) is 50.0 Å². The van der Waals surface area contributed by atoms with Crippen LogP contribution in [-0.2, 0) is 6.42 Å². The second-order valence-electron chi connectivity index (χ2n) is 8.19. The van der Waals surface area contributed by atoms with Gasteiger partial charge < -0.3 is 15.4 Å². The number of para-hydroxylation sites is 1. The standard InChI is InChI=1S/C28H21N5O/c34-21-13-10-18(11-14-21)16-25-22-8-4-5-9-23(22)27(33-32-25)19-12-15-24-26(17-19)31-28(30-24)29-20-6-2-1-3-7-20/h1-15,17,34H,16H2,(H2,29,30,31). The molecule has 6 nitrogen and oxygen atoms in total. The maximum Gasteiger partial charge on any atom is 0.205 e. The highest BCUT2D eigenvalue weighted by atomic mass is 16.3. The van der Waals surface area contributed by atoms with Gasteiger partial charge in [-0.3, -0.25) is 0 Å². The first-order valence-electron chi connectivity index (χ1n) is 11.1. The summed E-state index contributed by atoms with van der Waals surface area (Å²) < 4.78 is 0. The van der Waals surface area contributed by atoms with Gasteiger partial charge in [-0.05, 0) is 42.0 Å². The third-order valence-electron chi connectivity index (χ3n) is 5.86. The van der Waals surface area contributed by atoms with Gasteiger partial charge in [0, 0.05) is 28.4 Å². The summed E-state index contributed by atoms with van der Waals surface area (Å²) in [6.07, 6.45) is 0.641. The Hall–Kier alpha value is -4.71. The van der Waals surface area contributed by atoms with Crippen LogP contribution in [0.2, 0.25) is 0 Å². The van der Waals surface area contributed by atoms with Crippen molar-refractivity contribution < 1.29 is 5.11 Å². The van der Waals surface area contributed by atoms with Crippen LogP contribution in [0.3, 0.4) is 0 Å². The van der Waals surface area contributed by atoms with Crippen molar-refractivity contribution in [3.63, 3.8) is 0 Å². The maximum atomic E-state index is 9.57. The molecular formula is C28H21N5O. The number of fused-ring (bicyclic) bond motifs is 2. The molecule has 2 aromatic heterocycles. The van der Waals surface area contributed by atoms with E-state index in [2.05, 4.69) is 43.7 Å². The Bertz CT molecular complexity index is 1610. The number of phenolic OH excluding ortho intramolecular Hbond substituents is 1. The quantitative estimate of drug-likeness (QED) is 0.295. The number of nitrogens with zero attached hydrogens (tertiary/aromatic N) is 3. The van der Waals surface area contributed by atoms with Crippen LogP contribution >= 0.6 is 0 Å². The maximum absolute atomic E-state index is 9.57. The first-order valence-corrected chi connectivity index (χ1v) is 11.1. The van der Waals surface area contributed by atoms with Crippen LogP contribution in [0.4, 0.5) is 11.6 Å². The lowest BCUT2D eigenvalue weighted by Crippen LogP contribution is -1.99. The molecule has 0 amide bonds. The number of anilines is 2. The Kier molecular flexibility index (Phi) is 4.88. The molecule has 4 aromatic carbocycles. The Labute approximate surface area is 196 Å². The summed E-state index contributed by atoms with van der Waals surface area (Å²) in [5.74, 6) is 0.949. The van der Waals surface area contributed by atoms with E-state index in [1.54, 1.807) is 12.1 Å². The minimum absolute atomic E-state index is 0.256. The zero-order valence-electron chi connectivity index (χ0n) is 18.2. The molecule has 0 saturated carbocycles. The smallest absolute Gasteiger partial charge is 0.205 e. The molecule has 6 heteroatoms. The second kappa shape index (κ2) is 8.33. The van der Waals surface area contributed by atoms with Crippen molar-refractivity contribution in [2.24, 2.45) is 0 Å². The third-order valence-corrected chi connectivity index (χ3v) is 5.86. The van der Waals surface area contributed by atoms with Crippen LogP contribution in [-0.4, -0.2) is 25.3 Å². The number of phenols is 1. The molecule has 2 heterocycles. The van der Waals surface area contributed by atoms with Gasteiger partial charge in [-0.15, -0.1) is 5.10 Å². The zero-order chi connectivity index (χ0) is 22.9. The molecule has 0 aliphatic carbocycles. The summed E-state index contributed by atoms with van der Waals surface area (Å²) in [6, 6.07) is 31.5. The fourth-order valence-electron chi connectivity index (χ4n) is 4.18. The molecule has 164 valence electrons. The highest BCUT2D eigenvalue weighted by molar-refractivity contribution is 5.97. The van der Waals surface area contributed by atoms with Gasteiger partial charge in [-0.25, -0.2) is 4.98 Å². The molecule has 0 bridgehead atoms. The summed E-state index contributed by atoms with van der Waals surface area (Å²) in [7, 11) is 0. The number of benzene rings is 4. The zero-order valence-corrected chi connectivity index (χ0v) is 18.2. The summed E-state index contributed by atoms with van der Waals surface area (Å²) in [4.78, 5) is 8.01. The fourth-order valence-corrected chi connectivity index (χ4v) is 4.18. The minimum Gasteiger partial charge on any atom is -0.508 e. The summed E-state index contributed by atoms with van der Waals surface area (Å²) >= 11 is 0. The molecular weight excluding hydrogens is 422 g/mol. The molecule has 6 rings (SSSR count). The molecule has 3 N–H and O–H groups in total.